The van der Waals surface area contributed by atoms with Crippen molar-refractivity contribution in [3.05, 3.63) is 78.9 Å². The number of aromatic nitrogens is 3. The van der Waals surface area contributed by atoms with Gasteiger partial charge in [-0.15, -0.1) is 11.8 Å². The molecule has 0 fully saturated rings. The fourth-order valence-corrected chi connectivity index (χ4v) is 4.02. The number of rotatable bonds is 5. The van der Waals surface area contributed by atoms with Crippen LogP contribution in [0, 0.1) is 0 Å². The third-order valence-electron chi connectivity index (χ3n) is 3.49. The fourth-order valence-electron chi connectivity index (χ4n) is 2.39. The van der Waals surface area contributed by atoms with Crippen LogP contribution in [0.5, 0.6) is 0 Å². The van der Waals surface area contributed by atoms with Crippen LogP contribution < -0.4 is 0 Å². The lowest BCUT2D eigenvalue weighted by Gasteiger charge is -2.00. The number of imidazole rings is 1. The van der Waals surface area contributed by atoms with E-state index in [9.17, 15) is 0 Å². The lowest BCUT2D eigenvalue weighted by Crippen LogP contribution is -1.82. The van der Waals surface area contributed by atoms with Crippen LogP contribution >= 0.6 is 23.5 Å². The van der Waals surface area contributed by atoms with Crippen molar-refractivity contribution in [3.8, 4) is 0 Å². The molecule has 0 unspecified atom stereocenters. The highest BCUT2D eigenvalue weighted by Gasteiger charge is 2.06. The Labute approximate surface area is 148 Å². The summed E-state index contributed by atoms with van der Waals surface area (Å²) in [6, 6.07) is 20.7. The van der Waals surface area contributed by atoms with Gasteiger partial charge in [0.05, 0.1) is 16.8 Å². The highest BCUT2D eigenvalue weighted by Crippen LogP contribution is 2.29. The first-order valence-corrected chi connectivity index (χ1v) is 9.41. The van der Waals surface area contributed by atoms with Crippen LogP contribution in [0.2, 0.25) is 0 Å². The Morgan fingerprint density at radius 2 is 1.75 bits per heavy atom. The van der Waals surface area contributed by atoms with E-state index in [1.165, 1.54) is 9.79 Å². The molecule has 0 bridgehead atoms. The summed E-state index contributed by atoms with van der Waals surface area (Å²) in [5.74, 6) is 1.84. The van der Waals surface area contributed by atoms with Gasteiger partial charge < -0.3 is 4.98 Å². The molecule has 0 atom stereocenters. The average molecular weight is 349 g/mol. The summed E-state index contributed by atoms with van der Waals surface area (Å²) in [5, 5.41) is 0. The van der Waals surface area contributed by atoms with Crippen molar-refractivity contribution in [1.29, 1.82) is 0 Å². The summed E-state index contributed by atoms with van der Waals surface area (Å²) in [6.07, 6.45) is 3.67. The third kappa shape index (κ3) is 3.63. The van der Waals surface area contributed by atoms with E-state index in [0.29, 0.717) is 0 Å². The van der Waals surface area contributed by atoms with Crippen LogP contribution in [-0.4, -0.2) is 15.0 Å². The standard InChI is InChI=1S/C19H15N3S2/c1-2-5-14(6-3-1)23-13-19-21-17-9-8-15(11-18(17)22-19)24-16-7-4-10-20-12-16/h1-12H,13H2,(H,21,22). The molecule has 0 aliphatic carbocycles. The lowest BCUT2D eigenvalue weighted by atomic mass is 10.3. The van der Waals surface area contributed by atoms with E-state index in [2.05, 4.69) is 63.5 Å². The number of aromatic amines is 1. The number of thioether (sulfide) groups is 1. The van der Waals surface area contributed by atoms with E-state index in [-0.39, 0.29) is 0 Å². The number of hydrogen-bond donors (Lipinski definition) is 1. The number of nitrogens with one attached hydrogen (secondary N) is 1. The first-order valence-electron chi connectivity index (χ1n) is 7.61. The van der Waals surface area contributed by atoms with E-state index in [1.54, 1.807) is 29.7 Å². The van der Waals surface area contributed by atoms with Crippen molar-refractivity contribution in [2.75, 3.05) is 0 Å². The molecule has 2 aromatic carbocycles. The monoisotopic (exact) mass is 349 g/mol. The average Bonchev–Trinajstić information content (AvgIpc) is 3.04. The maximum Gasteiger partial charge on any atom is 0.117 e. The number of nitrogens with zero attached hydrogens (tertiary/aromatic N) is 2. The van der Waals surface area contributed by atoms with Crippen LogP contribution in [-0.2, 0) is 5.75 Å². The van der Waals surface area contributed by atoms with Gasteiger partial charge in [0.25, 0.3) is 0 Å². The van der Waals surface area contributed by atoms with E-state index in [4.69, 9.17) is 0 Å². The van der Waals surface area contributed by atoms with Crippen LogP contribution in [0.25, 0.3) is 11.0 Å². The molecule has 0 saturated carbocycles. The summed E-state index contributed by atoms with van der Waals surface area (Å²) >= 11 is 3.49. The zero-order valence-electron chi connectivity index (χ0n) is 12.8. The minimum absolute atomic E-state index is 0.837. The topological polar surface area (TPSA) is 41.6 Å². The summed E-state index contributed by atoms with van der Waals surface area (Å²) in [6.45, 7) is 0. The molecule has 1 N–H and O–H groups in total. The molecule has 2 aromatic heterocycles. The lowest BCUT2D eigenvalue weighted by molar-refractivity contribution is 1.14. The van der Waals surface area contributed by atoms with E-state index < -0.39 is 0 Å². The van der Waals surface area contributed by atoms with Crippen LogP contribution in [0.3, 0.4) is 0 Å². The largest absolute Gasteiger partial charge is 0.341 e. The highest BCUT2D eigenvalue weighted by atomic mass is 32.2. The second-order valence-electron chi connectivity index (χ2n) is 5.25. The van der Waals surface area contributed by atoms with Gasteiger partial charge in [-0.05, 0) is 42.5 Å². The van der Waals surface area contributed by atoms with Crippen molar-refractivity contribution in [2.24, 2.45) is 0 Å². The van der Waals surface area contributed by atoms with Crippen LogP contribution in [0.4, 0.5) is 0 Å². The molecule has 5 heteroatoms. The Hall–Kier alpha value is -2.24. The van der Waals surface area contributed by atoms with Gasteiger partial charge in [-0.2, -0.15) is 0 Å². The number of pyridine rings is 1. The predicted octanol–water partition coefficient (Wildman–Crippen LogP) is 5.40. The van der Waals surface area contributed by atoms with Gasteiger partial charge in [0, 0.05) is 27.1 Å². The third-order valence-corrected chi connectivity index (χ3v) is 5.48. The molecule has 0 amide bonds. The Bertz CT molecular complexity index is 937. The number of H-pyrrole nitrogens is 1. The highest BCUT2D eigenvalue weighted by molar-refractivity contribution is 7.99. The molecule has 0 spiro atoms. The van der Waals surface area contributed by atoms with Gasteiger partial charge in [-0.3, -0.25) is 4.98 Å². The summed E-state index contributed by atoms with van der Waals surface area (Å²) in [4.78, 5) is 15.8. The Balaban J connectivity index is 1.51. The molecule has 0 radical (unpaired) electrons. The summed E-state index contributed by atoms with van der Waals surface area (Å²) < 4.78 is 0. The second kappa shape index (κ2) is 7.11. The SMILES string of the molecule is c1ccc(SCc2nc3ccc(Sc4cccnc4)cc3[nH]2)cc1. The molecule has 118 valence electrons. The Kier molecular flexibility index (Phi) is 4.53. The van der Waals surface area contributed by atoms with Gasteiger partial charge in [-0.25, -0.2) is 4.98 Å². The zero-order valence-corrected chi connectivity index (χ0v) is 14.5. The van der Waals surface area contributed by atoms with Crippen LogP contribution in [0.1, 0.15) is 5.82 Å². The number of benzene rings is 2. The minimum Gasteiger partial charge on any atom is -0.341 e. The maximum atomic E-state index is 4.68. The second-order valence-corrected chi connectivity index (χ2v) is 7.45. The van der Waals surface area contributed by atoms with E-state index in [1.807, 2.05) is 18.3 Å². The maximum absolute atomic E-state index is 4.68. The molecule has 4 aromatic rings. The first kappa shape index (κ1) is 15.3. The first-order chi connectivity index (χ1) is 11.9. The molecule has 24 heavy (non-hydrogen) atoms. The van der Waals surface area contributed by atoms with Crippen molar-refractivity contribution in [1.82, 2.24) is 15.0 Å². The molecule has 0 saturated heterocycles. The van der Waals surface area contributed by atoms with Crippen molar-refractivity contribution in [2.45, 2.75) is 20.4 Å². The summed E-state index contributed by atoms with van der Waals surface area (Å²) in [5.41, 5.74) is 2.08. The molecule has 0 aliphatic rings. The smallest absolute Gasteiger partial charge is 0.117 e. The molecular formula is C19H15N3S2. The van der Waals surface area contributed by atoms with Crippen molar-refractivity contribution >= 4 is 34.6 Å². The van der Waals surface area contributed by atoms with Crippen LogP contribution in [0.15, 0.2) is 87.7 Å². The zero-order chi connectivity index (χ0) is 16.2. The number of hydrogen-bond acceptors (Lipinski definition) is 4. The summed E-state index contributed by atoms with van der Waals surface area (Å²) in [7, 11) is 0. The number of fused-ring (bicyclic) bond motifs is 1. The van der Waals surface area contributed by atoms with Gasteiger partial charge in [-0.1, -0.05) is 30.0 Å². The van der Waals surface area contributed by atoms with Crippen molar-refractivity contribution in [3.63, 3.8) is 0 Å². The van der Waals surface area contributed by atoms with Gasteiger partial charge >= 0.3 is 0 Å². The Morgan fingerprint density at radius 1 is 0.875 bits per heavy atom. The quantitative estimate of drug-likeness (QED) is 0.490. The van der Waals surface area contributed by atoms with E-state index in [0.717, 1.165) is 27.5 Å². The fraction of sp³-hybridized carbons (Fsp3) is 0.0526. The molecule has 3 nitrogen and oxygen atoms in total. The predicted molar refractivity (Wildman–Crippen MR) is 100 cm³/mol. The van der Waals surface area contributed by atoms with Gasteiger partial charge in [0.2, 0.25) is 0 Å². The molecule has 0 aliphatic heterocycles. The normalized spacial score (nSPS) is 11.0. The van der Waals surface area contributed by atoms with Gasteiger partial charge in [0.15, 0.2) is 0 Å². The van der Waals surface area contributed by atoms with E-state index >= 15 is 0 Å². The molecule has 4 rings (SSSR count). The molecular weight excluding hydrogens is 334 g/mol. The van der Waals surface area contributed by atoms with Crippen molar-refractivity contribution < 1.29 is 0 Å². The molecule has 2 heterocycles. The minimum atomic E-state index is 0.837. The Morgan fingerprint density at radius 3 is 2.58 bits per heavy atom. The van der Waals surface area contributed by atoms with Gasteiger partial charge in [0.1, 0.15) is 5.82 Å².